The molecule has 9 atom stereocenters. The minimum Gasteiger partial charge on any atom is -0.394 e. The van der Waals surface area contributed by atoms with Gasteiger partial charge in [0.1, 0.15) is 30.0 Å². The Morgan fingerprint density at radius 2 is 1.85 bits per heavy atom. The van der Waals surface area contributed by atoms with Crippen LogP contribution in [0.1, 0.15) is 6.92 Å². The number of aliphatic hydroxyl groups is 5. The first-order valence-electron chi connectivity index (χ1n) is 8.16. The van der Waals surface area contributed by atoms with Gasteiger partial charge in [-0.3, -0.25) is 4.52 Å². The minimum atomic E-state index is -5.03. The van der Waals surface area contributed by atoms with Crippen molar-refractivity contribution in [1.29, 1.82) is 0 Å². The van der Waals surface area contributed by atoms with Crippen LogP contribution in [0.5, 0.6) is 0 Å². The van der Waals surface area contributed by atoms with E-state index in [9.17, 15) is 30.1 Å². The summed E-state index contributed by atoms with van der Waals surface area (Å²) in [7, 11) is -3.66. The van der Waals surface area contributed by atoms with Crippen LogP contribution in [-0.4, -0.2) is 110 Å². The van der Waals surface area contributed by atoms with Crippen LogP contribution in [0.25, 0.3) is 0 Å². The summed E-state index contributed by atoms with van der Waals surface area (Å²) >= 11 is 0. The van der Waals surface area contributed by atoms with Crippen LogP contribution in [0, 0.1) is 0 Å². The van der Waals surface area contributed by atoms with Gasteiger partial charge in [0.05, 0.1) is 25.4 Å². The van der Waals surface area contributed by atoms with E-state index >= 15 is 0 Å². The normalized spacial score (nSPS) is 46.0. The summed E-state index contributed by atoms with van der Waals surface area (Å²) in [6, 6.07) is -1.18. The molecule has 27 heavy (non-hydrogen) atoms. The smallest absolute Gasteiger partial charge is 0.394 e. The van der Waals surface area contributed by atoms with Gasteiger partial charge in [0, 0.05) is 0 Å². The molecule has 14 heteroatoms. The van der Waals surface area contributed by atoms with Crippen LogP contribution < -0.4 is 5.32 Å². The van der Waals surface area contributed by atoms with Crippen molar-refractivity contribution in [3.05, 3.63) is 0 Å². The van der Waals surface area contributed by atoms with E-state index in [0.717, 1.165) is 0 Å². The maximum Gasteiger partial charge on any atom is 0.470 e. The fraction of sp³-hybridized carbons (Fsp3) is 1.00. The van der Waals surface area contributed by atoms with Crippen molar-refractivity contribution in [3.8, 4) is 0 Å². The minimum absolute atomic E-state index is 0.733. The maximum atomic E-state index is 11.3. The van der Waals surface area contributed by atoms with Crippen molar-refractivity contribution in [2.24, 2.45) is 0 Å². The van der Waals surface area contributed by atoms with Gasteiger partial charge >= 0.3 is 7.82 Å². The standard InChI is InChI=1S/C13H26NO12P/c1-5-13(19,4-16)10(11(18)23-5)25-12-7(14-2)9(26-27(20,21)22)8(17)6(3-15)24-12/h5-12,14-19H,3-4H2,1-2H3,(H2,20,21,22)/t5-,6-,7-,8-,9-,10-,11+,12-,13+/m0/s1. The van der Waals surface area contributed by atoms with Gasteiger partial charge in [-0.25, -0.2) is 4.57 Å². The van der Waals surface area contributed by atoms with E-state index in [2.05, 4.69) is 9.84 Å². The zero-order chi connectivity index (χ0) is 20.6. The lowest BCUT2D eigenvalue weighted by atomic mass is 9.93. The highest BCUT2D eigenvalue weighted by Crippen LogP contribution is 2.42. The van der Waals surface area contributed by atoms with E-state index in [0.29, 0.717) is 0 Å². The molecule has 2 aliphatic heterocycles. The molecule has 0 saturated carbocycles. The lowest BCUT2D eigenvalue weighted by Gasteiger charge is -2.45. The first-order chi connectivity index (χ1) is 12.5. The molecule has 0 aromatic heterocycles. The summed E-state index contributed by atoms with van der Waals surface area (Å²) in [6.07, 6.45) is -10.1. The predicted octanol–water partition coefficient (Wildman–Crippen LogP) is -4.02. The Hall–Kier alpha value is -0.250. The molecule has 2 fully saturated rings. The number of rotatable bonds is 7. The lowest BCUT2D eigenvalue weighted by Crippen LogP contribution is -2.65. The van der Waals surface area contributed by atoms with Gasteiger partial charge in [-0.1, -0.05) is 0 Å². The largest absolute Gasteiger partial charge is 0.470 e. The van der Waals surface area contributed by atoms with E-state index in [1.165, 1.54) is 14.0 Å². The molecule has 0 radical (unpaired) electrons. The molecule has 0 aliphatic carbocycles. The molecule has 0 bridgehead atoms. The van der Waals surface area contributed by atoms with Crippen LogP contribution >= 0.6 is 7.82 Å². The molecule has 2 heterocycles. The molecule has 2 saturated heterocycles. The van der Waals surface area contributed by atoms with Gasteiger partial charge < -0.3 is 54.8 Å². The molecule has 0 amide bonds. The highest BCUT2D eigenvalue weighted by molar-refractivity contribution is 7.46. The molecule has 2 aliphatic rings. The van der Waals surface area contributed by atoms with E-state index in [-0.39, 0.29) is 0 Å². The molecule has 0 spiro atoms. The van der Waals surface area contributed by atoms with Gasteiger partial charge in [0.15, 0.2) is 12.6 Å². The Kier molecular flexibility index (Phi) is 7.36. The second-order valence-corrected chi connectivity index (χ2v) is 7.66. The van der Waals surface area contributed by atoms with Crippen LogP contribution in [0.2, 0.25) is 0 Å². The van der Waals surface area contributed by atoms with Crippen molar-refractivity contribution >= 4 is 7.82 Å². The fourth-order valence-electron chi connectivity index (χ4n) is 3.20. The average molecular weight is 419 g/mol. The van der Waals surface area contributed by atoms with Gasteiger partial charge in [-0.15, -0.1) is 0 Å². The zero-order valence-electron chi connectivity index (χ0n) is 14.7. The van der Waals surface area contributed by atoms with Gasteiger partial charge in [0.25, 0.3) is 0 Å². The number of aliphatic hydroxyl groups excluding tert-OH is 4. The zero-order valence-corrected chi connectivity index (χ0v) is 15.5. The van der Waals surface area contributed by atoms with Crippen molar-refractivity contribution in [1.82, 2.24) is 5.32 Å². The molecule has 0 unspecified atom stereocenters. The number of hydrogen-bond donors (Lipinski definition) is 8. The average Bonchev–Trinajstić information content (AvgIpc) is 2.80. The van der Waals surface area contributed by atoms with Crippen LogP contribution in [0.4, 0.5) is 0 Å². The van der Waals surface area contributed by atoms with Crippen molar-refractivity contribution in [2.45, 2.75) is 61.7 Å². The molecule has 13 nitrogen and oxygen atoms in total. The predicted molar refractivity (Wildman–Crippen MR) is 85.0 cm³/mol. The summed E-state index contributed by atoms with van der Waals surface area (Å²) in [5, 5.41) is 52.2. The van der Waals surface area contributed by atoms with Crippen LogP contribution in [0.15, 0.2) is 0 Å². The number of likely N-dealkylation sites (N-methyl/N-ethyl adjacent to an activating group) is 1. The Balaban J connectivity index is 2.29. The molecule has 8 N–H and O–H groups in total. The summed E-state index contributed by atoms with van der Waals surface area (Å²) < 4.78 is 31.9. The number of ether oxygens (including phenoxy) is 3. The quantitative estimate of drug-likeness (QED) is 0.185. The third kappa shape index (κ3) is 4.67. The fourth-order valence-corrected chi connectivity index (χ4v) is 3.77. The second kappa shape index (κ2) is 8.63. The van der Waals surface area contributed by atoms with E-state index in [1.54, 1.807) is 0 Å². The molecule has 2 rings (SSSR count). The maximum absolute atomic E-state index is 11.3. The summed E-state index contributed by atoms with van der Waals surface area (Å²) in [5.74, 6) is 0. The van der Waals surface area contributed by atoms with Crippen molar-refractivity contribution in [3.63, 3.8) is 0 Å². The van der Waals surface area contributed by atoms with E-state index in [1.807, 2.05) is 0 Å². The first-order valence-corrected chi connectivity index (χ1v) is 9.69. The summed E-state index contributed by atoms with van der Waals surface area (Å²) in [5.41, 5.74) is -1.99. The highest BCUT2D eigenvalue weighted by Gasteiger charge is 2.57. The first kappa shape index (κ1) is 23.0. The molecular formula is C13H26NO12P. The van der Waals surface area contributed by atoms with Crippen molar-refractivity contribution < 1.29 is 58.6 Å². The Morgan fingerprint density at radius 3 is 2.33 bits per heavy atom. The number of phosphoric ester groups is 1. The van der Waals surface area contributed by atoms with Gasteiger partial charge in [-0.05, 0) is 14.0 Å². The Labute approximate surface area is 154 Å². The molecular weight excluding hydrogens is 393 g/mol. The second-order valence-electron chi connectivity index (χ2n) is 6.47. The summed E-state index contributed by atoms with van der Waals surface area (Å²) in [4.78, 5) is 18.2. The highest BCUT2D eigenvalue weighted by atomic mass is 31.2. The third-order valence-electron chi connectivity index (χ3n) is 4.78. The Morgan fingerprint density at radius 1 is 1.22 bits per heavy atom. The monoisotopic (exact) mass is 419 g/mol. The Bertz CT molecular complexity index is 547. The third-order valence-corrected chi connectivity index (χ3v) is 5.30. The van der Waals surface area contributed by atoms with E-state index in [4.69, 9.17) is 24.0 Å². The van der Waals surface area contributed by atoms with Gasteiger partial charge in [-0.2, -0.15) is 0 Å². The van der Waals surface area contributed by atoms with Gasteiger partial charge in [0.2, 0.25) is 0 Å². The molecule has 0 aromatic rings. The molecule has 160 valence electrons. The lowest BCUT2D eigenvalue weighted by molar-refractivity contribution is -0.305. The SMILES string of the molecule is CN[C@@H]1[C@H](O[C@H]2[C@H](O)O[C@@H](C)[C@]2(O)CO)O[C@@H](CO)[C@H](O)[C@H]1OP(=O)(O)O. The topological polar surface area (TPSA) is 208 Å². The van der Waals surface area contributed by atoms with Crippen LogP contribution in [0.3, 0.4) is 0 Å². The number of hydrogen-bond acceptors (Lipinski definition) is 11. The summed E-state index contributed by atoms with van der Waals surface area (Å²) in [6.45, 7) is -0.149. The van der Waals surface area contributed by atoms with Crippen molar-refractivity contribution in [2.75, 3.05) is 20.3 Å². The van der Waals surface area contributed by atoms with Crippen LogP contribution in [-0.2, 0) is 23.3 Å². The number of nitrogens with one attached hydrogen (secondary N) is 1. The molecule has 0 aromatic carbocycles. The van der Waals surface area contributed by atoms with E-state index < -0.39 is 75.8 Å². The number of phosphoric acid groups is 1.